The number of carbonyl (C=O) groups excluding carboxylic acids is 1. The molecule has 0 atom stereocenters. The summed E-state index contributed by atoms with van der Waals surface area (Å²) >= 11 is 0. The number of ether oxygens (including phenoxy) is 1. The number of nitrogens with zero attached hydrogens (tertiary/aromatic N) is 4. The molecule has 1 aromatic carbocycles. The monoisotopic (exact) mass is 409 g/mol. The molecule has 3 rings (SSSR count). The standard InChI is InChI=1S/C17H14F3N5O4/c1-24-14(16(27)28)13(8-21-24)22-15(26)12-5-6-25(23-12)9-29-11-4-2-3-10(7-11)17(18,19)20/h2-8H,9H2,1H3,(H,22,26)(H,27,28). The summed E-state index contributed by atoms with van der Waals surface area (Å²) < 4.78 is 45.7. The first kappa shape index (κ1) is 19.9. The molecular formula is C17H14F3N5O4. The Morgan fingerprint density at radius 1 is 1.28 bits per heavy atom. The third kappa shape index (κ3) is 4.54. The molecule has 3 aromatic rings. The van der Waals surface area contributed by atoms with Crippen LogP contribution in [0.5, 0.6) is 5.75 Å². The van der Waals surface area contributed by atoms with Crippen molar-refractivity contribution in [1.82, 2.24) is 19.6 Å². The molecule has 1 amide bonds. The summed E-state index contributed by atoms with van der Waals surface area (Å²) in [6.45, 7) is -0.234. The zero-order valence-corrected chi connectivity index (χ0v) is 14.8. The first-order chi connectivity index (χ1) is 13.6. The largest absolute Gasteiger partial charge is 0.476 e. The van der Waals surface area contributed by atoms with Gasteiger partial charge in [0.15, 0.2) is 18.1 Å². The summed E-state index contributed by atoms with van der Waals surface area (Å²) in [5.74, 6) is -1.96. The first-order valence-corrected chi connectivity index (χ1v) is 8.05. The second-order valence-corrected chi connectivity index (χ2v) is 5.83. The van der Waals surface area contributed by atoms with E-state index in [2.05, 4.69) is 15.5 Å². The van der Waals surface area contributed by atoms with E-state index < -0.39 is 23.6 Å². The smallest absolute Gasteiger partial charge is 0.416 e. The Balaban J connectivity index is 1.65. The fraction of sp³-hybridized carbons (Fsp3) is 0.176. The van der Waals surface area contributed by atoms with Gasteiger partial charge in [-0.3, -0.25) is 9.48 Å². The van der Waals surface area contributed by atoms with E-state index in [9.17, 15) is 22.8 Å². The molecule has 0 unspecified atom stereocenters. The van der Waals surface area contributed by atoms with Gasteiger partial charge in [-0.1, -0.05) is 6.07 Å². The number of anilines is 1. The average molecular weight is 409 g/mol. The highest BCUT2D eigenvalue weighted by Gasteiger charge is 2.30. The highest BCUT2D eigenvalue weighted by Crippen LogP contribution is 2.31. The van der Waals surface area contributed by atoms with Crippen molar-refractivity contribution in [2.45, 2.75) is 12.9 Å². The van der Waals surface area contributed by atoms with E-state index in [0.29, 0.717) is 0 Å². The number of benzene rings is 1. The number of carboxylic acids is 1. The average Bonchev–Trinajstić information content (AvgIpc) is 3.26. The number of aromatic carboxylic acids is 1. The fourth-order valence-corrected chi connectivity index (χ4v) is 2.43. The molecule has 0 saturated heterocycles. The van der Waals surface area contributed by atoms with Gasteiger partial charge in [0.1, 0.15) is 5.75 Å². The van der Waals surface area contributed by atoms with Crippen molar-refractivity contribution < 1.29 is 32.6 Å². The molecule has 0 aliphatic heterocycles. The Kier molecular flexibility index (Phi) is 5.26. The van der Waals surface area contributed by atoms with Gasteiger partial charge < -0.3 is 15.2 Å². The van der Waals surface area contributed by atoms with E-state index in [0.717, 1.165) is 16.8 Å². The molecule has 0 radical (unpaired) electrons. The minimum absolute atomic E-state index is 0.000217. The third-order valence-electron chi connectivity index (χ3n) is 3.79. The molecule has 29 heavy (non-hydrogen) atoms. The van der Waals surface area contributed by atoms with Crippen molar-refractivity contribution in [2.75, 3.05) is 5.32 Å². The molecule has 0 aliphatic rings. The SMILES string of the molecule is Cn1ncc(NC(=O)c2ccn(COc3cccc(C(F)(F)F)c3)n2)c1C(=O)O. The number of halogens is 3. The minimum atomic E-state index is -4.49. The van der Waals surface area contributed by atoms with Crippen molar-refractivity contribution in [1.29, 1.82) is 0 Å². The van der Waals surface area contributed by atoms with Gasteiger partial charge in [-0.2, -0.15) is 23.4 Å². The number of nitrogens with one attached hydrogen (secondary N) is 1. The predicted octanol–water partition coefficient (Wildman–Crippen LogP) is 2.62. The van der Waals surface area contributed by atoms with Crippen LogP contribution in [-0.4, -0.2) is 36.5 Å². The van der Waals surface area contributed by atoms with Gasteiger partial charge in [0.2, 0.25) is 0 Å². The fourth-order valence-electron chi connectivity index (χ4n) is 2.43. The van der Waals surface area contributed by atoms with Gasteiger partial charge in [-0.05, 0) is 24.3 Å². The molecule has 2 N–H and O–H groups in total. The molecule has 9 nitrogen and oxygen atoms in total. The summed E-state index contributed by atoms with van der Waals surface area (Å²) in [4.78, 5) is 23.5. The maximum atomic E-state index is 12.7. The van der Waals surface area contributed by atoms with Crippen molar-refractivity contribution in [3.8, 4) is 5.75 Å². The van der Waals surface area contributed by atoms with Gasteiger partial charge in [0, 0.05) is 13.2 Å². The van der Waals surface area contributed by atoms with Gasteiger partial charge in [-0.25, -0.2) is 9.48 Å². The van der Waals surface area contributed by atoms with Crippen LogP contribution in [0.3, 0.4) is 0 Å². The van der Waals surface area contributed by atoms with Gasteiger partial charge in [0.05, 0.1) is 17.4 Å². The van der Waals surface area contributed by atoms with E-state index in [-0.39, 0.29) is 29.6 Å². The van der Waals surface area contributed by atoms with Crippen LogP contribution in [0.1, 0.15) is 26.5 Å². The van der Waals surface area contributed by atoms with Crippen LogP contribution in [0.4, 0.5) is 18.9 Å². The predicted molar refractivity (Wildman–Crippen MR) is 92.4 cm³/mol. The molecule has 152 valence electrons. The zero-order valence-electron chi connectivity index (χ0n) is 14.8. The Hall–Kier alpha value is -3.83. The number of aryl methyl sites for hydroxylation is 1. The lowest BCUT2D eigenvalue weighted by molar-refractivity contribution is -0.137. The van der Waals surface area contributed by atoms with Crippen LogP contribution < -0.4 is 10.1 Å². The number of carbonyl (C=O) groups is 2. The molecule has 0 bridgehead atoms. The first-order valence-electron chi connectivity index (χ1n) is 8.05. The normalized spacial score (nSPS) is 11.3. The van der Waals surface area contributed by atoms with Crippen molar-refractivity contribution in [3.05, 3.63) is 59.7 Å². The number of hydrogen-bond acceptors (Lipinski definition) is 5. The summed E-state index contributed by atoms with van der Waals surface area (Å²) in [6, 6.07) is 5.71. The lowest BCUT2D eigenvalue weighted by Crippen LogP contribution is -2.16. The van der Waals surface area contributed by atoms with E-state index in [1.54, 1.807) is 0 Å². The summed E-state index contributed by atoms with van der Waals surface area (Å²) in [5, 5.41) is 19.3. The molecule has 0 saturated carbocycles. The Morgan fingerprint density at radius 2 is 2.03 bits per heavy atom. The van der Waals surface area contributed by atoms with Crippen LogP contribution >= 0.6 is 0 Å². The highest BCUT2D eigenvalue weighted by molar-refractivity contribution is 6.06. The number of alkyl halides is 3. The maximum absolute atomic E-state index is 12.7. The molecular weight excluding hydrogens is 395 g/mol. The Labute approximate surface area is 161 Å². The number of carboxylic acid groups (broad SMARTS) is 1. The molecule has 0 fully saturated rings. The minimum Gasteiger partial charge on any atom is -0.476 e. The number of hydrogen-bond donors (Lipinski definition) is 2. The Morgan fingerprint density at radius 3 is 2.72 bits per heavy atom. The quantitative estimate of drug-likeness (QED) is 0.648. The summed E-state index contributed by atoms with van der Waals surface area (Å²) in [5.41, 5.74) is -1.09. The lowest BCUT2D eigenvalue weighted by Gasteiger charge is -2.10. The van der Waals surface area contributed by atoms with E-state index in [4.69, 9.17) is 9.84 Å². The molecule has 2 aromatic heterocycles. The van der Waals surface area contributed by atoms with Gasteiger partial charge >= 0.3 is 12.1 Å². The van der Waals surface area contributed by atoms with E-state index in [1.807, 2.05) is 0 Å². The van der Waals surface area contributed by atoms with Gasteiger partial charge in [0.25, 0.3) is 5.91 Å². The van der Waals surface area contributed by atoms with Crippen LogP contribution in [-0.2, 0) is 20.0 Å². The van der Waals surface area contributed by atoms with Crippen LogP contribution in [0, 0.1) is 0 Å². The Bertz CT molecular complexity index is 1060. The van der Waals surface area contributed by atoms with E-state index >= 15 is 0 Å². The zero-order chi connectivity index (χ0) is 21.2. The maximum Gasteiger partial charge on any atom is 0.416 e. The second kappa shape index (κ2) is 7.66. The topological polar surface area (TPSA) is 111 Å². The molecule has 0 spiro atoms. The second-order valence-electron chi connectivity index (χ2n) is 5.83. The lowest BCUT2D eigenvalue weighted by atomic mass is 10.2. The van der Waals surface area contributed by atoms with E-state index in [1.165, 1.54) is 42.3 Å². The van der Waals surface area contributed by atoms with Crippen molar-refractivity contribution in [2.24, 2.45) is 7.05 Å². The molecule has 2 heterocycles. The molecule has 0 aliphatic carbocycles. The van der Waals surface area contributed by atoms with Crippen LogP contribution in [0.15, 0.2) is 42.7 Å². The number of amides is 1. The van der Waals surface area contributed by atoms with Crippen LogP contribution in [0.25, 0.3) is 0 Å². The summed E-state index contributed by atoms with van der Waals surface area (Å²) in [7, 11) is 1.42. The highest BCUT2D eigenvalue weighted by atomic mass is 19.4. The third-order valence-corrected chi connectivity index (χ3v) is 3.79. The molecule has 12 heteroatoms. The van der Waals surface area contributed by atoms with Crippen LogP contribution in [0.2, 0.25) is 0 Å². The summed E-state index contributed by atoms with van der Waals surface area (Å²) in [6.07, 6.45) is -1.91. The van der Waals surface area contributed by atoms with Gasteiger partial charge in [-0.15, -0.1) is 0 Å². The number of aromatic nitrogens is 4. The van der Waals surface area contributed by atoms with Crippen molar-refractivity contribution in [3.63, 3.8) is 0 Å². The van der Waals surface area contributed by atoms with Crippen molar-refractivity contribution >= 4 is 17.6 Å². The number of rotatable bonds is 6.